The molecule has 4 N–H and O–H groups in total. The van der Waals surface area contributed by atoms with Crippen LogP contribution < -0.4 is 10.3 Å². The van der Waals surface area contributed by atoms with Gasteiger partial charge in [-0.1, -0.05) is 12.1 Å². The molecule has 1 aromatic carbocycles. The summed E-state index contributed by atoms with van der Waals surface area (Å²) in [5.74, 6) is -2.34. The van der Waals surface area contributed by atoms with E-state index in [4.69, 9.17) is 5.73 Å². The van der Waals surface area contributed by atoms with Crippen LogP contribution in [0.5, 0.6) is 0 Å². The summed E-state index contributed by atoms with van der Waals surface area (Å²) >= 11 is 2.85. The van der Waals surface area contributed by atoms with Crippen LogP contribution in [0.4, 0.5) is 0 Å². The zero-order chi connectivity index (χ0) is 22.3. The van der Waals surface area contributed by atoms with Crippen molar-refractivity contribution in [3.63, 3.8) is 0 Å². The van der Waals surface area contributed by atoms with Gasteiger partial charge < -0.3 is 20.8 Å². The number of aromatic nitrogens is 1. The summed E-state index contributed by atoms with van der Waals surface area (Å²) in [4.78, 5) is 37.6. The van der Waals surface area contributed by atoms with Crippen molar-refractivity contribution in [2.24, 2.45) is 11.7 Å². The first kappa shape index (κ1) is 21.7. The van der Waals surface area contributed by atoms with Gasteiger partial charge in [0.05, 0.1) is 27.5 Å². The topological polar surface area (TPSA) is 125 Å². The van der Waals surface area contributed by atoms with E-state index in [-0.39, 0.29) is 15.9 Å². The van der Waals surface area contributed by atoms with Gasteiger partial charge in [0.1, 0.15) is 0 Å². The SMILES string of the molecule is C[C@@H](O)[C@H]1C(=O)N2C(C(=O)O)C(Sc3ccc(C[n+]4ccc(C(N)=O)cc4)cc3)S[C@H]12. The highest BCUT2D eigenvalue weighted by molar-refractivity contribution is 8.17. The zero-order valence-corrected chi connectivity index (χ0v) is 18.3. The molecule has 2 fully saturated rings. The number of thioether (sulfide) groups is 2. The Labute approximate surface area is 187 Å². The number of aliphatic carboxylic acids is 1. The van der Waals surface area contributed by atoms with Gasteiger partial charge in [-0.15, -0.1) is 23.5 Å². The van der Waals surface area contributed by atoms with Gasteiger partial charge in [0, 0.05) is 22.6 Å². The van der Waals surface area contributed by atoms with Gasteiger partial charge in [0.25, 0.3) is 0 Å². The van der Waals surface area contributed by atoms with Gasteiger partial charge in [-0.25, -0.2) is 9.36 Å². The largest absolute Gasteiger partial charge is 0.480 e. The Bertz CT molecular complexity index is 1010. The summed E-state index contributed by atoms with van der Waals surface area (Å²) in [6.07, 6.45) is 2.78. The van der Waals surface area contributed by atoms with E-state index in [1.54, 1.807) is 31.5 Å². The quantitative estimate of drug-likeness (QED) is 0.414. The van der Waals surface area contributed by atoms with E-state index in [1.807, 2.05) is 28.8 Å². The van der Waals surface area contributed by atoms with Crippen LogP contribution in [0.15, 0.2) is 53.7 Å². The summed E-state index contributed by atoms with van der Waals surface area (Å²) in [6, 6.07) is 10.2. The molecule has 2 aromatic rings. The van der Waals surface area contributed by atoms with Crippen molar-refractivity contribution in [2.45, 2.75) is 40.5 Å². The van der Waals surface area contributed by atoms with Gasteiger partial charge in [-0.2, -0.15) is 0 Å². The number of primary amides is 1. The van der Waals surface area contributed by atoms with Gasteiger partial charge in [-0.05, 0) is 19.1 Å². The van der Waals surface area contributed by atoms with Gasteiger partial charge in [0.2, 0.25) is 11.8 Å². The maximum Gasteiger partial charge on any atom is 0.328 e. The van der Waals surface area contributed by atoms with Gasteiger partial charge in [0.15, 0.2) is 25.0 Å². The molecule has 8 nitrogen and oxygen atoms in total. The first-order chi connectivity index (χ1) is 14.8. The Morgan fingerprint density at radius 2 is 1.87 bits per heavy atom. The summed E-state index contributed by atoms with van der Waals surface area (Å²) in [7, 11) is 0. The summed E-state index contributed by atoms with van der Waals surface area (Å²) < 4.78 is 1.58. The van der Waals surface area contributed by atoms with Crippen LogP contribution in [0.2, 0.25) is 0 Å². The molecule has 0 bridgehead atoms. The average molecular weight is 461 g/mol. The molecule has 2 saturated heterocycles. The molecule has 3 heterocycles. The highest BCUT2D eigenvalue weighted by Crippen LogP contribution is 2.53. The molecule has 5 atom stereocenters. The molecule has 4 rings (SSSR count). The molecule has 1 aromatic heterocycles. The number of aliphatic hydroxyl groups excluding tert-OH is 1. The predicted octanol–water partition coefficient (Wildman–Crippen LogP) is 0.905. The Morgan fingerprint density at radius 3 is 2.42 bits per heavy atom. The molecule has 10 heteroatoms. The summed E-state index contributed by atoms with van der Waals surface area (Å²) in [5, 5.41) is 19.2. The van der Waals surface area contributed by atoms with E-state index in [0.717, 1.165) is 10.5 Å². The van der Waals surface area contributed by atoms with Crippen molar-refractivity contribution in [3.05, 3.63) is 59.9 Å². The second-order valence-corrected chi connectivity index (χ2v) is 10.4. The van der Waals surface area contributed by atoms with Crippen LogP contribution in [0.1, 0.15) is 22.8 Å². The van der Waals surface area contributed by atoms with Crippen molar-refractivity contribution in [1.82, 2.24) is 4.90 Å². The lowest BCUT2D eigenvalue weighted by Gasteiger charge is -2.44. The fourth-order valence-corrected chi connectivity index (χ4v) is 7.20. The molecular formula is C21H22N3O5S2+. The van der Waals surface area contributed by atoms with E-state index in [1.165, 1.54) is 28.4 Å². The number of fused-ring (bicyclic) bond motifs is 1. The first-order valence-electron chi connectivity index (χ1n) is 9.69. The fraction of sp³-hybridized carbons (Fsp3) is 0.333. The van der Waals surface area contributed by atoms with Crippen molar-refractivity contribution in [3.8, 4) is 0 Å². The minimum Gasteiger partial charge on any atom is -0.480 e. The lowest BCUT2D eigenvalue weighted by molar-refractivity contribution is -0.688. The molecule has 2 aliphatic heterocycles. The Morgan fingerprint density at radius 1 is 1.23 bits per heavy atom. The first-order valence-corrected chi connectivity index (χ1v) is 11.5. The number of carbonyl (C=O) groups is 3. The molecule has 31 heavy (non-hydrogen) atoms. The van der Waals surface area contributed by atoms with Crippen LogP contribution in [0.25, 0.3) is 0 Å². The highest BCUT2D eigenvalue weighted by Gasteiger charge is 2.62. The molecule has 2 unspecified atom stereocenters. The van der Waals surface area contributed by atoms with E-state index in [0.29, 0.717) is 12.1 Å². The lowest BCUT2D eigenvalue weighted by Crippen LogP contribution is -2.64. The number of nitrogens with two attached hydrogens (primary N) is 1. The number of carboxylic acid groups (broad SMARTS) is 1. The van der Waals surface area contributed by atoms with Crippen molar-refractivity contribution in [1.29, 1.82) is 0 Å². The lowest BCUT2D eigenvalue weighted by atomic mass is 9.91. The van der Waals surface area contributed by atoms with Crippen LogP contribution in [0, 0.1) is 5.92 Å². The second-order valence-electron chi connectivity index (χ2n) is 7.58. The van der Waals surface area contributed by atoms with Crippen LogP contribution in [-0.2, 0) is 16.1 Å². The van der Waals surface area contributed by atoms with Crippen molar-refractivity contribution in [2.75, 3.05) is 0 Å². The summed E-state index contributed by atoms with van der Waals surface area (Å²) in [6.45, 7) is 2.18. The number of hydrogen-bond acceptors (Lipinski definition) is 6. The monoisotopic (exact) mass is 460 g/mol. The van der Waals surface area contributed by atoms with Crippen LogP contribution >= 0.6 is 23.5 Å². The van der Waals surface area contributed by atoms with E-state index < -0.39 is 29.9 Å². The maximum absolute atomic E-state index is 12.3. The maximum atomic E-state index is 12.3. The second kappa shape index (κ2) is 8.52. The molecule has 2 aliphatic rings. The minimum atomic E-state index is -1.03. The number of amides is 2. The van der Waals surface area contributed by atoms with E-state index >= 15 is 0 Å². The number of pyridine rings is 1. The van der Waals surface area contributed by atoms with Crippen molar-refractivity contribution >= 4 is 41.3 Å². The molecule has 162 valence electrons. The van der Waals surface area contributed by atoms with E-state index in [2.05, 4.69) is 0 Å². The number of aliphatic hydroxyl groups is 1. The molecule has 0 radical (unpaired) electrons. The smallest absolute Gasteiger partial charge is 0.328 e. The minimum absolute atomic E-state index is 0.294. The van der Waals surface area contributed by atoms with Crippen LogP contribution in [0.3, 0.4) is 0 Å². The number of benzene rings is 1. The molecule has 0 saturated carbocycles. The Kier molecular flexibility index (Phi) is 5.96. The van der Waals surface area contributed by atoms with Gasteiger partial charge >= 0.3 is 5.97 Å². The Hall–Kier alpha value is -2.56. The number of β-lactam (4-membered cyclic amide) rings is 1. The average Bonchev–Trinajstić information content (AvgIpc) is 3.03. The summed E-state index contributed by atoms with van der Waals surface area (Å²) in [5.41, 5.74) is 6.75. The van der Waals surface area contributed by atoms with Gasteiger partial charge in [-0.3, -0.25) is 9.59 Å². The number of rotatable bonds is 7. The molecule has 0 aliphatic carbocycles. The van der Waals surface area contributed by atoms with Crippen molar-refractivity contribution < 1.29 is 29.2 Å². The molecular weight excluding hydrogens is 438 g/mol. The van der Waals surface area contributed by atoms with E-state index in [9.17, 15) is 24.6 Å². The number of carbonyl (C=O) groups excluding carboxylic acids is 2. The normalized spacial score (nSPS) is 25.6. The number of carboxylic acids is 1. The molecule has 0 spiro atoms. The van der Waals surface area contributed by atoms with Crippen LogP contribution in [-0.4, -0.2) is 55.0 Å². The standard InChI is InChI=1S/C21H21N3O5S2/c1-11(25)15-18(27)24-16(20(28)29)21(31-19(15)24)30-14-4-2-12(3-5-14)10-23-8-6-13(7-9-23)17(22)26/h2-9,11,15-16,19,21,25H,10H2,1H3,(H2-,22,26,28,29)/p+1/t11-,15+,16?,19-,21?/m1/s1. The molecule has 2 amide bonds. The third kappa shape index (κ3) is 4.15. The fourth-order valence-electron chi connectivity index (χ4n) is 3.82. The number of hydrogen-bond donors (Lipinski definition) is 3. The Balaban J connectivity index is 1.43. The third-order valence-corrected chi connectivity index (χ3v) is 8.42. The zero-order valence-electron chi connectivity index (χ0n) is 16.6. The predicted molar refractivity (Wildman–Crippen MR) is 115 cm³/mol. The third-order valence-electron chi connectivity index (χ3n) is 5.44. The number of nitrogens with zero attached hydrogens (tertiary/aromatic N) is 2. The highest BCUT2D eigenvalue weighted by atomic mass is 32.2.